The molecular weight excluding hydrogens is 262 g/mol. The number of hydrogen-bond acceptors (Lipinski definition) is 2. The van der Waals surface area contributed by atoms with Crippen LogP contribution in [0.4, 0.5) is 0 Å². The highest BCUT2D eigenvalue weighted by molar-refractivity contribution is 5.70. The lowest BCUT2D eigenvalue weighted by Crippen LogP contribution is -2.42. The van der Waals surface area contributed by atoms with Gasteiger partial charge in [-0.3, -0.25) is 4.79 Å². The monoisotopic (exact) mass is 289 g/mol. The first-order chi connectivity index (χ1) is 9.97. The highest BCUT2D eigenvalue weighted by Gasteiger charge is 2.26. The molecule has 1 aromatic carbocycles. The molecule has 0 bridgehead atoms. The number of likely N-dealkylation sites (tertiary alicyclic amines) is 1. The number of carbonyl (C=O) groups is 1. The van der Waals surface area contributed by atoms with Crippen molar-refractivity contribution in [1.29, 1.82) is 0 Å². The second-order valence-electron chi connectivity index (χ2n) is 6.60. The molecule has 1 aromatic rings. The summed E-state index contributed by atoms with van der Waals surface area (Å²) in [4.78, 5) is 13.4. The molecule has 1 fully saturated rings. The fourth-order valence-electron chi connectivity index (χ4n) is 3.10. The van der Waals surface area contributed by atoms with Gasteiger partial charge in [0.25, 0.3) is 0 Å². The van der Waals surface area contributed by atoms with E-state index in [9.17, 15) is 4.79 Å². The van der Waals surface area contributed by atoms with E-state index < -0.39 is 5.97 Å². The summed E-state index contributed by atoms with van der Waals surface area (Å²) in [6, 6.07) is 9.39. The van der Waals surface area contributed by atoms with Gasteiger partial charge in [0.1, 0.15) is 0 Å². The fraction of sp³-hybridized carbons (Fsp3) is 0.611. The second-order valence-corrected chi connectivity index (χ2v) is 6.60. The summed E-state index contributed by atoms with van der Waals surface area (Å²) in [7, 11) is 0. The SMILES string of the molecule is CC(C)c1ccc(CC(C)N2CCC(C(=O)O)CC2)cc1. The van der Waals surface area contributed by atoms with Crippen molar-refractivity contribution in [3.05, 3.63) is 35.4 Å². The molecule has 3 heteroatoms. The topological polar surface area (TPSA) is 40.5 Å². The lowest BCUT2D eigenvalue weighted by atomic mass is 9.94. The predicted molar refractivity (Wildman–Crippen MR) is 85.6 cm³/mol. The van der Waals surface area contributed by atoms with Gasteiger partial charge in [-0.2, -0.15) is 0 Å². The Kier molecular flexibility index (Phi) is 5.40. The first kappa shape index (κ1) is 16.0. The summed E-state index contributed by atoms with van der Waals surface area (Å²) in [5, 5.41) is 9.05. The van der Waals surface area contributed by atoms with Crippen LogP contribution in [0.15, 0.2) is 24.3 Å². The third kappa shape index (κ3) is 4.31. The first-order valence-corrected chi connectivity index (χ1v) is 8.03. The van der Waals surface area contributed by atoms with Crippen LogP contribution in [0.25, 0.3) is 0 Å². The molecule has 1 aliphatic heterocycles. The summed E-state index contributed by atoms with van der Waals surface area (Å²) in [6.45, 7) is 8.48. The zero-order chi connectivity index (χ0) is 15.4. The van der Waals surface area contributed by atoms with Gasteiger partial charge >= 0.3 is 5.97 Å². The Labute approximate surface area is 128 Å². The van der Waals surface area contributed by atoms with Gasteiger partial charge < -0.3 is 10.0 Å². The molecule has 3 nitrogen and oxygen atoms in total. The number of rotatable bonds is 5. The maximum atomic E-state index is 11.0. The normalized spacial score (nSPS) is 18.9. The first-order valence-electron chi connectivity index (χ1n) is 8.03. The summed E-state index contributed by atoms with van der Waals surface area (Å²) in [6.07, 6.45) is 2.61. The Bertz CT molecular complexity index is 459. The van der Waals surface area contributed by atoms with Crippen LogP contribution in [0.2, 0.25) is 0 Å². The molecule has 0 saturated carbocycles. The summed E-state index contributed by atoms with van der Waals surface area (Å²) in [5.74, 6) is -0.197. The van der Waals surface area contributed by atoms with Crippen molar-refractivity contribution in [3.8, 4) is 0 Å². The molecule has 1 saturated heterocycles. The minimum Gasteiger partial charge on any atom is -0.481 e. The van der Waals surface area contributed by atoms with E-state index >= 15 is 0 Å². The zero-order valence-electron chi connectivity index (χ0n) is 13.4. The van der Waals surface area contributed by atoms with Crippen molar-refractivity contribution in [2.24, 2.45) is 5.92 Å². The molecule has 0 spiro atoms. The number of hydrogen-bond donors (Lipinski definition) is 1. The number of carboxylic acid groups (broad SMARTS) is 1. The Balaban J connectivity index is 1.87. The lowest BCUT2D eigenvalue weighted by molar-refractivity contribution is -0.143. The van der Waals surface area contributed by atoms with Gasteiger partial charge in [-0.05, 0) is 56.3 Å². The van der Waals surface area contributed by atoms with Gasteiger partial charge in [0.2, 0.25) is 0 Å². The Morgan fingerprint density at radius 3 is 2.24 bits per heavy atom. The van der Waals surface area contributed by atoms with Crippen LogP contribution in [-0.4, -0.2) is 35.1 Å². The molecule has 0 aliphatic carbocycles. The molecule has 21 heavy (non-hydrogen) atoms. The van der Waals surface area contributed by atoms with Crippen LogP contribution in [0.3, 0.4) is 0 Å². The van der Waals surface area contributed by atoms with Crippen molar-refractivity contribution in [1.82, 2.24) is 4.90 Å². The molecule has 116 valence electrons. The maximum Gasteiger partial charge on any atom is 0.306 e. The van der Waals surface area contributed by atoms with E-state index in [0.29, 0.717) is 12.0 Å². The Morgan fingerprint density at radius 1 is 1.19 bits per heavy atom. The van der Waals surface area contributed by atoms with Gasteiger partial charge in [-0.25, -0.2) is 0 Å². The van der Waals surface area contributed by atoms with Crippen molar-refractivity contribution in [2.45, 2.75) is 52.0 Å². The highest BCUT2D eigenvalue weighted by Crippen LogP contribution is 2.21. The van der Waals surface area contributed by atoms with E-state index in [0.717, 1.165) is 32.4 Å². The number of piperidine rings is 1. The van der Waals surface area contributed by atoms with Crippen LogP contribution in [0.1, 0.15) is 50.7 Å². The zero-order valence-corrected chi connectivity index (χ0v) is 13.4. The summed E-state index contributed by atoms with van der Waals surface area (Å²) >= 11 is 0. The third-order valence-electron chi connectivity index (χ3n) is 4.68. The van der Waals surface area contributed by atoms with Crippen molar-refractivity contribution < 1.29 is 9.90 Å². The molecule has 0 aromatic heterocycles. The van der Waals surface area contributed by atoms with Gasteiger partial charge in [0.05, 0.1) is 5.92 Å². The van der Waals surface area contributed by atoms with Crippen molar-refractivity contribution >= 4 is 5.97 Å². The molecule has 1 unspecified atom stereocenters. The van der Waals surface area contributed by atoms with Gasteiger partial charge in [-0.15, -0.1) is 0 Å². The second kappa shape index (κ2) is 7.08. The highest BCUT2D eigenvalue weighted by atomic mass is 16.4. The minimum absolute atomic E-state index is 0.140. The molecule has 1 N–H and O–H groups in total. The van der Waals surface area contributed by atoms with Gasteiger partial charge in [0.15, 0.2) is 0 Å². The van der Waals surface area contributed by atoms with E-state index in [1.165, 1.54) is 11.1 Å². The molecule has 0 amide bonds. The average molecular weight is 289 g/mol. The molecule has 0 radical (unpaired) electrons. The summed E-state index contributed by atoms with van der Waals surface area (Å²) in [5.41, 5.74) is 2.75. The quantitative estimate of drug-likeness (QED) is 0.901. The molecular formula is C18H27NO2. The Morgan fingerprint density at radius 2 is 1.76 bits per heavy atom. The van der Waals surface area contributed by atoms with E-state index in [-0.39, 0.29) is 5.92 Å². The molecule has 1 heterocycles. The maximum absolute atomic E-state index is 11.0. The van der Waals surface area contributed by atoms with Gasteiger partial charge in [0, 0.05) is 6.04 Å². The van der Waals surface area contributed by atoms with Crippen LogP contribution in [0.5, 0.6) is 0 Å². The van der Waals surface area contributed by atoms with E-state index in [2.05, 4.69) is 49.9 Å². The predicted octanol–water partition coefficient (Wildman–Crippen LogP) is 3.54. The number of benzene rings is 1. The third-order valence-corrected chi connectivity index (χ3v) is 4.68. The smallest absolute Gasteiger partial charge is 0.306 e. The van der Waals surface area contributed by atoms with E-state index in [1.54, 1.807) is 0 Å². The number of nitrogens with zero attached hydrogens (tertiary/aromatic N) is 1. The van der Waals surface area contributed by atoms with Crippen LogP contribution >= 0.6 is 0 Å². The Hall–Kier alpha value is -1.35. The van der Waals surface area contributed by atoms with Crippen LogP contribution in [0, 0.1) is 5.92 Å². The number of carboxylic acids is 1. The van der Waals surface area contributed by atoms with Crippen molar-refractivity contribution in [2.75, 3.05) is 13.1 Å². The van der Waals surface area contributed by atoms with E-state index in [4.69, 9.17) is 5.11 Å². The minimum atomic E-state index is -0.633. The summed E-state index contributed by atoms with van der Waals surface area (Å²) < 4.78 is 0. The van der Waals surface area contributed by atoms with Crippen molar-refractivity contribution in [3.63, 3.8) is 0 Å². The molecule has 1 aliphatic rings. The van der Waals surface area contributed by atoms with Crippen LogP contribution < -0.4 is 0 Å². The molecule has 2 rings (SSSR count). The average Bonchev–Trinajstić information content (AvgIpc) is 2.47. The fourth-order valence-corrected chi connectivity index (χ4v) is 3.10. The van der Waals surface area contributed by atoms with Crippen LogP contribution in [-0.2, 0) is 11.2 Å². The lowest BCUT2D eigenvalue weighted by Gasteiger charge is -2.34. The molecule has 1 atom stereocenters. The van der Waals surface area contributed by atoms with E-state index in [1.807, 2.05) is 0 Å². The number of aliphatic carboxylic acids is 1. The van der Waals surface area contributed by atoms with Gasteiger partial charge in [-0.1, -0.05) is 38.1 Å². The standard InChI is InChI=1S/C18H27NO2/c1-13(2)16-6-4-15(5-7-16)12-14(3)19-10-8-17(9-11-19)18(20)21/h4-7,13-14,17H,8-12H2,1-3H3,(H,20,21). The largest absolute Gasteiger partial charge is 0.481 e.